The molecule has 1 atom stereocenters. The summed E-state index contributed by atoms with van der Waals surface area (Å²) in [5.41, 5.74) is 8.95. The van der Waals surface area contributed by atoms with Gasteiger partial charge in [-0.1, -0.05) is 24.3 Å². The summed E-state index contributed by atoms with van der Waals surface area (Å²) in [6.45, 7) is 6.47. The highest BCUT2D eigenvalue weighted by molar-refractivity contribution is 6.01. The van der Waals surface area contributed by atoms with Crippen LogP contribution in [0.2, 0.25) is 0 Å². The molecule has 1 unspecified atom stereocenters. The van der Waals surface area contributed by atoms with Gasteiger partial charge in [0.2, 0.25) is 5.91 Å². The lowest BCUT2D eigenvalue weighted by Gasteiger charge is -2.26. The summed E-state index contributed by atoms with van der Waals surface area (Å²) >= 11 is 0. The number of hydrogen-bond donors (Lipinski definition) is 4. The van der Waals surface area contributed by atoms with E-state index in [0.717, 1.165) is 5.56 Å². The van der Waals surface area contributed by atoms with E-state index in [1.165, 1.54) is 25.3 Å². The molecule has 0 aliphatic carbocycles. The third kappa shape index (κ3) is 8.62. The van der Waals surface area contributed by atoms with Crippen molar-refractivity contribution in [3.05, 3.63) is 77.4 Å². The smallest absolute Gasteiger partial charge is 0.335 e. The molecule has 3 aromatic carbocycles. The Labute approximate surface area is 256 Å². The van der Waals surface area contributed by atoms with Gasteiger partial charge in [-0.2, -0.15) is 0 Å². The van der Waals surface area contributed by atoms with Gasteiger partial charge in [0.05, 0.1) is 43.6 Å². The molecule has 0 spiro atoms. The van der Waals surface area contributed by atoms with Crippen LogP contribution in [-0.4, -0.2) is 73.2 Å². The maximum Gasteiger partial charge on any atom is 0.335 e. The number of anilines is 3. The van der Waals surface area contributed by atoms with Crippen LogP contribution in [0.4, 0.5) is 21.9 Å². The van der Waals surface area contributed by atoms with Gasteiger partial charge < -0.3 is 45.3 Å². The maximum atomic E-state index is 13.6. The molecular formula is C32H38N4O8. The van der Waals surface area contributed by atoms with E-state index in [9.17, 15) is 14.4 Å². The Morgan fingerprint density at radius 2 is 1.80 bits per heavy atom. The number of aryl methyl sites for hydroxylation is 1. The molecule has 0 bridgehead atoms. The summed E-state index contributed by atoms with van der Waals surface area (Å²) in [7, 11) is 1.49. The molecule has 3 aromatic rings. The quantitative estimate of drug-likeness (QED) is 0.217. The number of para-hydroxylation sites is 1. The van der Waals surface area contributed by atoms with Crippen LogP contribution in [0.15, 0.2) is 60.7 Å². The van der Waals surface area contributed by atoms with Gasteiger partial charge >= 0.3 is 12.0 Å². The lowest BCUT2D eigenvalue weighted by Crippen LogP contribution is -2.42. The molecule has 1 aliphatic heterocycles. The molecule has 0 aromatic heterocycles. The minimum Gasteiger partial charge on any atom is -0.495 e. The number of carboxylic acid groups (broad SMARTS) is 1. The van der Waals surface area contributed by atoms with E-state index in [1.807, 2.05) is 45.0 Å². The molecule has 12 nitrogen and oxygen atoms in total. The topological polar surface area (TPSA) is 162 Å². The Morgan fingerprint density at radius 3 is 2.45 bits per heavy atom. The van der Waals surface area contributed by atoms with Crippen molar-refractivity contribution in [2.24, 2.45) is 0 Å². The number of ether oxygens (including phenoxy) is 4. The molecule has 1 heterocycles. The Balaban J connectivity index is 1.42. The Kier molecular flexibility index (Phi) is 10.3. The van der Waals surface area contributed by atoms with E-state index < -0.39 is 17.8 Å². The van der Waals surface area contributed by atoms with Crippen molar-refractivity contribution in [3.8, 4) is 11.5 Å². The highest BCUT2D eigenvalue weighted by Gasteiger charge is 2.34. The minimum atomic E-state index is -1.09. The van der Waals surface area contributed by atoms with E-state index >= 15 is 0 Å². The van der Waals surface area contributed by atoms with E-state index in [2.05, 4.69) is 10.6 Å². The molecule has 3 amide bonds. The van der Waals surface area contributed by atoms with Gasteiger partial charge in [-0.05, 0) is 68.3 Å². The van der Waals surface area contributed by atoms with Crippen molar-refractivity contribution in [3.63, 3.8) is 0 Å². The summed E-state index contributed by atoms with van der Waals surface area (Å²) in [6, 6.07) is 16.4. The standard InChI is InChI=1S/C32H38N4O8/c1-20-7-5-6-8-25(20)34-31(40)35-26-11-9-21(15-28(26)41-4)16-29(37)36(18-23-19-43-32(2,3)44-23)13-14-42-27-12-10-22(30(38)39)17-24(27)33/h5-12,15,17,23H,13-14,16,18-19,33H2,1-4H3,(H,38,39)(H2,34,35,40). The maximum absolute atomic E-state index is 13.6. The van der Waals surface area contributed by atoms with Gasteiger partial charge in [-0.3, -0.25) is 4.79 Å². The summed E-state index contributed by atoms with van der Waals surface area (Å²) in [5, 5.41) is 14.8. The highest BCUT2D eigenvalue weighted by atomic mass is 16.7. The zero-order chi connectivity index (χ0) is 31.9. The van der Waals surface area contributed by atoms with Crippen LogP contribution in [0.25, 0.3) is 0 Å². The molecule has 12 heteroatoms. The first-order chi connectivity index (χ1) is 20.9. The first kappa shape index (κ1) is 32.1. The second-order valence-electron chi connectivity index (χ2n) is 10.8. The van der Waals surface area contributed by atoms with Crippen molar-refractivity contribution < 1.29 is 38.4 Å². The van der Waals surface area contributed by atoms with Crippen LogP contribution in [0, 0.1) is 6.92 Å². The zero-order valence-corrected chi connectivity index (χ0v) is 25.2. The average molecular weight is 607 g/mol. The van der Waals surface area contributed by atoms with Gasteiger partial charge in [-0.25, -0.2) is 9.59 Å². The summed E-state index contributed by atoms with van der Waals surface area (Å²) in [6.07, 6.45) is -0.278. The number of hydrogen-bond acceptors (Lipinski definition) is 8. The number of rotatable bonds is 12. The number of amides is 3. The number of nitrogen functional groups attached to an aromatic ring is 1. The van der Waals surface area contributed by atoms with Gasteiger partial charge in [0, 0.05) is 12.2 Å². The first-order valence-electron chi connectivity index (χ1n) is 14.1. The summed E-state index contributed by atoms with van der Waals surface area (Å²) in [5.74, 6) is -1.30. The number of carbonyl (C=O) groups is 3. The third-order valence-electron chi connectivity index (χ3n) is 6.98. The lowest BCUT2D eigenvalue weighted by molar-refractivity contribution is -0.146. The third-order valence-corrected chi connectivity index (χ3v) is 6.98. The number of carbonyl (C=O) groups excluding carboxylic acids is 2. The van der Waals surface area contributed by atoms with Crippen LogP contribution < -0.4 is 25.8 Å². The summed E-state index contributed by atoms with van der Waals surface area (Å²) < 4.78 is 22.9. The lowest BCUT2D eigenvalue weighted by atomic mass is 10.1. The Bertz CT molecular complexity index is 1510. The Hall–Kier alpha value is -4.81. The molecule has 4 rings (SSSR count). The van der Waals surface area contributed by atoms with Gasteiger partial charge in [0.15, 0.2) is 5.79 Å². The number of nitrogens with one attached hydrogen (secondary N) is 2. The van der Waals surface area contributed by atoms with Crippen LogP contribution in [0.1, 0.15) is 35.3 Å². The predicted octanol–water partition coefficient (Wildman–Crippen LogP) is 4.53. The molecule has 44 heavy (non-hydrogen) atoms. The second kappa shape index (κ2) is 14.1. The van der Waals surface area contributed by atoms with Crippen molar-refractivity contribution in [1.82, 2.24) is 4.90 Å². The number of benzene rings is 3. The summed E-state index contributed by atoms with van der Waals surface area (Å²) in [4.78, 5) is 39.0. The molecule has 5 N–H and O–H groups in total. The number of carboxylic acids is 1. The fourth-order valence-corrected chi connectivity index (χ4v) is 4.72. The molecule has 0 radical (unpaired) electrons. The van der Waals surface area contributed by atoms with Gasteiger partial charge in [-0.15, -0.1) is 0 Å². The van der Waals surface area contributed by atoms with Crippen LogP contribution in [0.3, 0.4) is 0 Å². The molecule has 234 valence electrons. The number of nitrogens with zero attached hydrogens (tertiary/aromatic N) is 1. The second-order valence-corrected chi connectivity index (χ2v) is 10.8. The van der Waals surface area contributed by atoms with E-state index in [1.54, 1.807) is 23.1 Å². The Morgan fingerprint density at radius 1 is 1.05 bits per heavy atom. The fraction of sp³-hybridized carbons (Fsp3) is 0.344. The SMILES string of the molecule is COc1cc(CC(=O)N(CCOc2ccc(C(=O)O)cc2N)CC2COC(C)(C)O2)ccc1NC(=O)Nc1ccccc1C. The number of urea groups is 1. The van der Waals surface area contributed by atoms with Gasteiger partial charge in [0.1, 0.15) is 24.2 Å². The number of aromatic carboxylic acids is 1. The normalized spacial score (nSPS) is 15.3. The first-order valence-corrected chi connectivity index (χ1v) is 14.1. The van der Waals surface area contributed by atoms with Crippen molar-refractivity contribution in [2.45, 2.75) is 39.1 Å². The minimum absolute atomic E-state index is 0.0521. The van der Waals surface area contributed by atoms with Crippen molar-refractivity contribution >= 4 is 35.0 Å². The molecular weight excluding hydrogens is 568 g/mol. The molecule has 1 fully saturated rings. The van der Waals surface area contributed by atoms with E-state index in [-0.39, 0.29) is 49.4 Å². The fourth-order valence-electron chi connectivity index (χ4n) is 4.72. The van der Waals surface area contributed by atoms with E-state index in [0.29, 0.717) is 35.0 Å². The van der Waals surface area contributed by atoms with Gasteiger partial charge in [0.25, 0.3) is 0 Å². The average Bonchev–Trinajstić information content (AvgIpc) is 3.32. The largest absolute Gasteiger partial charge is 0.495 e. The van der Waals surface area contributed by atoms with Crippen molar-refractivity contribution in [1.29, 1.82) is 0 Å². The van der Waals surface area contributed by atoms with Crippen LogP contribution >= 0.6 is 0 Å². The van der Waals surface area contributed by atoms with E-state index in [4.69, 9.17) is 29.8 Å². The molecule has 0 saturated carbocycles. The number of methoxy groups -OCH3 is 1. The highest BCUT2D eigenvalue weighted by Crippen LogP contribution is 2.28. The zero-order valence-electron chi connectivity index (χ0n) is 25.2. The monoisotopic (exact) mass is 606 g/mol. The van der Waals surface area contributed by atoms with Crippen LogP contribution in [-0.2, 0) is 20.7 Å². The number of nitrogens with two attached hydrogens (primary N) is 1. The van der Waals surface area contributed by atoms with Crippen molar-refractivity contribution in [2.75, 3.05) is 49.8 Å². The van der Waals surface area contributed by atoms with Crippen LogP contribution in [0.5, 0.6) is 11.5 Å². The molecule has 1 aliphatic rings. The predicted molar refractivity (Wildman–Crippen MR) is 165 cm³/mol. The molecule has 1 saturated heterocycles.